The van der Waals surface area contributed by atoms with Gasteiger partial charge in [0.2, 0.25) is 0 Å². The average molecular weight is 495 g/mol. The standard InChI is InChI=1S/C31H30N2O4/c1-31(2,30(35)33-25-11-7-4-8-12-25)37-28-17-13-23(14-18-28)21-22-36-27-19-15-26(16-20-27)32-29(34)24-9-5-3-6-10-24/h3-20H,21-22H2,1-2H3,(H,32,34)(H,33,35). The summed E-state index contributed by atoms with van der Waals surface area (Å²) in [5.41, 5.74) is 2.10. The number of ether oxygens (including phenoxy) is 2. The predicted octanol–water partition coefficient (Wildman–Crippen LogP) is 6.36. The third-order valence-electron chi connectivity index (χ3n) is 5.68. The first-order chi connectivity index (χ1) is 17.9. The summed E-state index contributed by atoms with van der Waals surface area (Å²) in [6.07, 6.45) is 0.713. The van der Waals surface area contributed by atoms with Crippen LogP contribution in [0.2, 0.25) is 0 Å². The Kier molecular flexibility index (Phi) is 8.21. The summed E-state index contributed by atoms with van der Waals surface area (Å²) in [6, 6.07) is 33.3. The van der Waals surface area contributed by atoms with E-state index >= 15 is 0 Å². The molecule has 0 saturated carbocycles. The van der Waals surface area contributed by atoms with Crippen molar-refractivity contribution in [1.29, 1.82) is 0 Å². The fourth-order valence-electron chi connectivity index (χ4n) is 3.58. The monoisotopic (exact) mass is 494 g/mol. The van der Waals surface area contributed by atoms with Crippen LogP contribution in [0.1, 0.15) is 29.8 Å². The van der Waals surface area contributed by atoms with Gasteiger partial charge in [0, 0.05) is 23.4 Å². The first-order valence-corrected chi connectivity index (χ1v) is 12.1. The van der Waals surface area contributed by atoms with Crippen LogP contribution in [-0.4, -0.2) is 24.0 Å². The number of hydrogen-bond donors (Lipinski definition) is 2. The van der Waals surface area contributed by atoms with E-state index in [-0.39, 0.29) is 11.8 Å². The van der Waals surface area contributed by atoms with Crippen LogP contribution < -0.4 is 20.1 Å². The minimum Gasteiger partial charge on any atom is -0.493 e. The molecule has 0 spiro atoms. The molecule has 4 aromatic carbocycles. The van der Waals surface area contributed by atoms with Gasteiger partial charge in [0.25, 0.3) is 11.8 Å². The predicted molar refractivity (Wildman–Crippen MR) is 146 cm³/mol. The minimum absolute atomic E-state index is 0.151. The highest BCUT2D eigenvalue weighted by molar-refractivity contribution is 6.04. The molecule has 0 saturated heterocycles. The highest BCUT2D eigenvalue weighted by atomic mass is 16.5. The lowest BCUT2D eigenvalue weighted by Gasteiger charge is -2.25. The molecule has 2 amide bonds. The van der Waals surface area contributed by atoms with E-state index in [1.165, 1.54) is 0 Å². The van der Waals surface area contributed by atoms with Gasteiger partial charge in [-0.3, -0.25) is 9.59 Å². The Bertz CT molecular complexity index is 1300. The van der Waals surface area contributed by atoms with Crippen LogP contribution in [0.25, 0.3) is 0 Å². The van der Waals surface area contributed by atoms with E-state index in [2.05, 4.69) is 10.6 Å². The smallest absolute Gasteiger partial charge is 0.267 e. The van der Waals surface area contributed by atoms with E-state index in [0.29, 0.717) is 30.0 Å². The van der Waals surface area contributed by atoms with Gasteiger partial charge in [0.1, 0.15) is 11.5 Å². The van der Waals surface area contributed by atoms with E-state index in [9.17, 15) is 9.59 Å². The third kappa shape index (κ3) is 7.45. The molecule has 4 rings (SSSR count). The first kappa shape index (κ1) is 25.5. The van der Waals surface area contributed by atoms with Crippen molar-refractivity contribution in [3.8, 4) is 11.5 Å². The number of carbonyl (C=O) groups is 2. The number of rotatable bonds is 10. The molecule has 6 heteroatoms. The molecule has 0 fully saturated rings. The second-order valence-electron chi connectivity index (χ2n) is 9.02. The summed E-state index contributed by atoms with van der Waals surface area (Å²) >= 11 is 0. The third-order valence-corrected chi connectivity index (χ3v) is 5.68. The normalized spacial score (nSPS) is 10.9. The molecular formula is C31H30N2O4. The van der Waals surface area contributed by atoms with Crippen molar-refractivity contribution in [3.63, 3.8) is 0 Å². The molecule has 0 unspecified atom stereocenters. The van der Waals surface area contributed by atoms with E-state index in [1.54, 1.807) is 26.0 Å². The van der Waals surface area contributed by atoms with Gasteiger partial charge in [0.05, 0.1) is 6.61 Å². The van der Waals surface area contributed by atoms with E-state index < -0.39 is 5.60 Å². The zero-order valence-electron chi connectivity index (χ0n) is 20.9. The second kappa shape index (κ2) is 11.9. The minimum atomic E-state index is -1.03. The Morgan fingerprint density at radius 2 is 1.24 bits per heavy atom. The van der Waals surface area contributed by atoms with Gasteiger partial charge in [-0.25, -0.2) is 0 Å². The largest absolute Gasteiger partial charge is 0.493 e. The number of nitrogens with one attached hydrogen (secondary N) is 2. The molecule has 6 nitrogen and oxygen atoms in total. The number of benzene rings is 4. The molecule has 37 heavy (non-hydrogen) atoms. The highest BCUT2D eigenvalue weighted by Gasteiger charge is 2.30. The zero-order valence-corrected chi connectivity index (χ0v) is 20.9. The van der Waals surface area contributed by atoms with Crippen LogP contribution in [0.15, 0.2) is 109 Å². The van der Waals surface area contributed by atoms with Gasteiger partial charge in [-0.05, 0) is 80.1 Å². The van der Waals surface area contributed by atoms with Crippen molar-refractivity contribution in [2.75, 3.05) is 17.2 Å². The SMILES string of the molecule is CC(C)(Oc1ccc(CCOc2ccc(NC(=O)c3ccccc3)cc2)cc1)C(=O)Nc1ccccc1. The second-order valence-corrected chi connectivity index (χ2v) is 9.02. The molecule has 4 aromatic rings. The van der Waals surface area contributed by atoms with Gasteiger partial charge in [-0.2, -0.15) is 0 Å². The van der Waals surface area contributed by atoms with E-state index in [0.717, 1.165) is 17.0 Å². The Balaban J connectivity index is 1.23. The summed E-state index contributed by atoms with van der Waals surface area (Å²) in [7, 11) is 0. The summed E-state index contributed by atoms with van der Waals surface area (Å²) < 4.78 is 11.8. The van der Waals surface area contributed by atoms with Crippen LogP contribution in [-0.2, 0) is 11.2 Å². The summed E-state index contributed by atoms with van der Waals surface area (Å²) in [5.74, 6) is 0.971. The molecule has 0 aromatic heterocycles. The lowest BCUT2D eigenvalue weighted by Crippen LogP contribution is -2.42. The Morgan fingerprint density at radius 1 is 0.676 bits per heavy atom. The maximum atomic E-state index is 12.6. The fraction of sp³-hybridized carbons (Fsp3) is 0.161. The summed E-state index contributed by atoms with van der Waals surface area (Å²) in [6.45, 7) is 3.98. The molecular weight excluding hydrogens is 464 g/mol. The van der Waals surface area contributed by atoms with Gasteiger partial charge < -0.3 is 20.1 Å². The number of hydrogen-bond acceptors (Lipinski definition) is 4. The Labute approximate surface area is 217 Å². The van der Waals surface area contributed by atoms with E-state index in [4.69, 9.17) is 9.47 Å². The van der Waals surface area contributed by atoms with E-state index in [1.807, 2.05) is 97.1 Å². The number of anilines is 2. The highest BCUT2D eigenvalue weighted by Crippen LogP contribution is 2.22. The van der Waals surface area contributed by atoms with Gasteiger partial charge in [-0.1, -0.05) is 48.5 Å². The van der Waals surface area contributed by atoms with Crippen LogP contribution in [0, 0.1) is 0 Å². The molecule has 0 aliphatic carbocycles. The quantitative estimate of drug-likeness (QED) is 0.269. The summed E-state index contributed by atoms with van der Waals surface area (Å²) in [5, 5.41) is 5.75. The van der Waals surface area contributed by atoms with Crippen molar-refractivity contribution in [1.82, 2.24) is 0 Å². The average Bonchev–Trinajstić information content (AvgIpc) is 2.91. The van der Waals surface area contributed by atoms with Gasteiger partial charge in [0.15, 0.2) is 5.60 Å². The zero-order chi connectivity index (χ0) is 26.1. The number of carbonyl (C=O) groups excluding carboxylic acids is 2. The molecule has 0 bridgehead atoms. The topological polar surface area (TPSA) is 76.7 Å². The number of amides is 2. The van der Waals surface area contributed by atoms with Gasteiger partial charge in [-0.15, -0.1) is 0 Å². The van der Waals surface area contributed by atoms with Crippen molar-refractivity contribution in [2.24, 2.45) is 0 Å². The molecule has 0 radical (unpaired) electrons. The Hall–Kier alpha value is -4.58. The van der Waals surface area contributed by atoms with Crippen LogP contribution in [0.3, 0.4) is 0 Å². The maximum absolute atomic E-state index is 12.6. The first-order valence-electron chi connectivity index (χ1n) is 12.1. The van der Waals surface area contributed by atoms with Crippen molar-refractivity contribution in [2.45, 2.75) is 25.9 Å². The van der Waals surface area contributed by atoms with Crippen molar-refractivity contribution < 1.29 is 19.1 Å². The fourth-order valence-corrected chi connectivity index (χ4v) is 3.58. The summed E-state index contributed by atoms with van der Waals surface area (Å²) in [4.78, 5) is 24.9. The van der Waals surface area contributed by atoms with Crippen LogP contribution in [0.4, 0.5) is 11.4 Å². The molecule has 2 N–H and O–H groups in total. The van der Waals surface area contributed by atoms with Crippen molar-refractivity contribution in [3.05, 3.63) is 120 Å². The van der Waals surface area contributed by atoms with Crippen LogP contribution in [0.5, 0.6) is 11.5 Å². The molecule has 0 atom stereocenters. The Morgan fingerprint density at radius 3 is 1.89 bits per heavy atom. The molecule has 0 heterocycles. The molecule has 188 valence electrons. The molecule has 0 aliphatic rings. The lowest BCUT2D eigenvalue weighted by atomic mass is 10.1. The maximum Gasteiger partial charge on any atom is 0.267 e. The van der Waals surface area contributed by atoms with Crippen LogP contribution >= 0.6 is 0 Å². The molecule has 0 aliphatic heterocycles. The van der Waals surface area contributed by atoms with Crippen molar-refractivity contribution >= 4 is 23.2 Å². The number of para-hydroxylation sites is 1. The lowest BCUT2D eigenvalue weighted by molar-refractivity contribution is -0.128. The van der Waals surface area contributed by atoms with Gasteiger partial charge >= 0.3 is 0 Å².